The van der Waals surface area contributed by atoms with Crippen LogP contribution in [0.5, 0.6) is 0 Å². The van der Waals surface area contributed by atoms with Gasteiger partial charge in [0.25, 0.3) is 0 Å². The molecule has 1 aliphatic heterocycles. The van der Waals surface area contributed by atoms with Crippen molar-refractivity contribution in [3.8, 4) is 0 Å². The highest BCUT2D eigenvalue weighted by Crippen LogP contribution is 2.22. The zero-order valence-electron chi connectivity index (χ0n) is 5.72. The summed E-state index contributed by atoms with van der Waals surface area (Å²) in [7, 11) is 0. The molecule has 1 rings (SSSR count). The average Bonchev–Trinajstić information content (AvgIpc) is 2.10. The van der Waals surface area contributed by atoms with E-state index in [0.29, 0.717) is 0 Å². The quantitative estimate of drug-likeness (QED) is 0.555. The molecule has 0 aromatic carbocycles. The summed E-state index contributed by atoms with van der Waals surface area (Å²) in [5.74, 6) is -0.971. The Morgan fingerprint density at radius 1 is 1.90 bits per heavy atom. The Labute approximate surface area is 58.2 Å². The summed E-state index contributed by atoms with van der Waals surface area (Å²) in [5.41, 5.74) is -1.34. The molecule has 0 bridgehead atoms. The molecule has 1 saturated heterocycles. The van der Waals surface area contributed by atoms with Gasteiger partial charge < -0.3 is 10.4 Å². The van der Waals surface area contributed by atoms with Gasteiger partial charge in [-0.15, -0.1) is 0 Å². The molecule has 0 spiro atoms. The van der Waals surface area contributed by atoms with Crippen molar-refractivity contribution in [1.29, 1.82) is 0 Å². The predicted octanol–water partition coefficient (Wildman–Crippen LogP) is 0.161. The van der Waals surface area contributed by atoms with Crippen molar-refractivity contribution >= 4 is 5.97 Å². The Kier molecular flexibility index (Phi) is 1.64. The van der Waals surface area contributed by atoms with Crippen LogP contribution in [0.3, 0.4) is 0 Å². The summed E-state index contributed by atoms with van der Waals surface area (Å²) in [5, 5.41) is 11.0. The van der Waals surface area contributed by atoms with Crippen LogP contribution in [0.15, 0.2) is 0 Å². The Hall–Kier alpha value is -0.640. The standard InChI is InChI=1S/C6H10FNO2/c1-6(7)2-4(5(9)10)8-3-6/h4,8H,2-3H2,1H3,(H,9,10)/t4-,6+/m0/s1. The molecule has 2 N–H and O–H groups in total. The minimum absolute atomic E-state index is 0.0718. The highest BCUT2D eigenvalue weighted by Gasteiger charge is 2.38. The zero-order chi connectivity index (χ0) is 7.78. The van der Waals surface area contributed by atoms with Gasteiger partial charge in [0.2, 0.25) is 0 Å². The van der Waals surface area contributed by atoms with Gasteiger partial charge in [-0.2, -0.15) is 0 Å². The first-order valence-electron chi connectivity index (χ1n) is 3.16. The van der Waals surface area contributed by atoms with Crippen LogP contribution in [0.1, 0.15) is 13.3 Å². The van der Waals surface area contributed by atoms with Crippen molar-refractivity contribution in [3.05, 3.63) is 0 Å². The van der Waals surface area contributed by atoms with Gasteiger partial charge in [0.15, 0.2) is 0 Å². The Morgan fingerprint density at radius 3 is 2.70 bits per heavy atom. The molecule has 10 heavy (non-hydrogen) atoms. The number of hydrogen-bond donors (Lipinski definition) is 2. The maximum absolute atomic E-state index is 12.9. The fraction of sp³-hybridized carbons (Fsp3) is 0.833. The number of carbonyl (C=O) groups is 1. The third-order valence-corrected chi connectivity index (χ3v) is 1.64. The van der Waals surface area contributed by atoms with E-state index in [1.54, 1.807) is 0 Å². The summed E-state index contributed by atoms with van der Waals surface area (Å²) < 4.78 is 12.9. The van der Waals surface area contributed by atoms with Crippen LogP contribution >= 0.6 is 0 Å². The molecular formula is C6H10FNO2. The molecule has 4 heteroatoms. The van der Waals surface area contributed by atoms with Crippen LogP contribution in [-0.2, 0) is 4.79 Å². The Bertz CT molecular complexity index is 158. The third-order valence-electron chi connectivity index (χ3n) is 1.64. The summed E-state index contributed by atoms with van der Waals surface area (Å²) in [6.45, 7) is 1.55. The highest BCUT2D eigenvalue weighted by atomic mass is 19.1. The van der Waals surface area contributed by atoms with Crippen LogP contribution < -0.4 is 5.32 Å². The number of carboxylic acids is 1. The fourth-order valence-corrected chi connectivity index (χ4v) is 1.08. The second-order valence-corrected chi connectivity index (χ2v) is 2.89. The van der Waals surface area contributed by atoms with Gasteiger partial charge in [0.1, 0.15) is 11.7 Å². The van der Waals surface area contributed by atoms with E-state index < -0.39 is 17.7 Å². The average molecular weight is 147 g/mol. The first-order valence-corrected chi connectivity index (χ1v) is 3.16. The van der Waals surface area contributed by atoms with E-state index in [-0.39, 0.29) is 13.0 Å². The minimum Gasteiger partial charge on any atom is -0.480 e. The van der Waals surface area contributed by atoms with E-state index in [9.17, 15) is 9.18 Å². The molecule has 1 aliphatic rings. The second-order valence-electron chi connectivity index (χ2n) is 2.89. The van der Waals surface area contributed by atoms with Crippen molar-refractivity contribution in [2.75, 3.05) is 6.54 Å². The van der Waals surface area contributed by atoms with Gasteiger partial charge in [0.05, 0.1) is 0 Å². The van der Waals surface area contributed by atoms with Crippen molar-refractivity contribution in [2.24, 2.45) is 0 Å². The van der Waals surface area contributed by atoms with Gasteiger partial charge in [-0.25, -0.2) is 4.39 Å². The first-order chi connectivity index (χ1) is 4.51. The molecule has 0 unspecified atom stereocenters. The maximum atomic E-state index is 12.9. The molecule has 1 heterocycles. The molecule has 58 valence electrons. The monoisotopic (exact) mass is 147 g/mol. The maximum Gasteiger partial charge on any atom is 0.320 e. The van der Waals surface area contributed by atoms with E-state index in [2.05, 4.69) is 5.32 Å². The van der Waals surface area contributed by atoms with E-state index in [0.717, 1.165) is 0 Å². The number of carboxylic acid groups (broad SMARTS) is 1. The summed E-state index contributed by atoms with van der Waals surface area (Å²) >= 11 is 0. The van der Waals surface area contributed by atoms with Crippen molar-refractivity contribution in [2.45, 2.75) is 25.1 Å². The van der Waals surface area contributed by atoms with Crippen molar-refractivity contribution in [1.82, 2.24) is 5.32 Å². The third kappa shape index (κ3) is 1.44. The van der Waals surface area contributed by atoms with Gasteiger partial charge in [0, 0.05) is 13.0 Å². The molecule has 0 aromatic heterocycles. The summed E-state index contributed by atoms with van der Waals surface area (Å²) in [4.78, 5) is 10.3. The molecule has 1 fully saturated rings. The minimum atomic E-state index is -1.34. The molecule has 0 amide bonds. The second kappa shape index (κ2) is 2.20. The number of nitrogens with one attached hydrogen (secondary N) is 1. The van der Waals surface area contributed by atoms with E-state index in [1.807, 2.05) is 0 Å². The Morgan fingerprint density at radius 2 is 2.50 bits per heavy atom. The van der Waals surface area contributed by atoms with E-state index in [1.165, 1.54) is 6.92 Å². The number of halogens is 1. The van der Waals surface area contributed by atoms with Gasteiger partial charge >= 0.3 is 5.97 Å². The van der Waals surface area contributed by atoms with Gasteiger partial charge in [-0.1, -0.05) is 0 Å². The zero-order valence-corrected chi connectivity index (χ0v) is 5.72. The predicted molar refractivity (Wildman–Crippen MR) is 33.6 cm³/mol. The number of aliphatic carboxylic acids is 1. The normalized spacial score (nSPS) is 40.0. The largest absolute Gasteiger partial charge is 0.480 e. The number of hydrogen-bond acceptors (Lipinski definition) is 2. The van der Waals surface area contributed by atoms with Crippen LogP contribution in [0.2, 0.25) is 0 Å². The topological polar surface area (TPSA) is 49.3 Å². The van der Waals surface area contributed by atoms with Crippen LogP contribution in [0.25, 0.3) is 0 Å². The lowest BCUT2D eigenvalue weighted by molar-refractivity contribution is -0.139. The Balaban J connectivity index is 2.51. The molecule has 3 nitrogen and oxygen atoms in total. The highest BCUT2D eigenvalue weighted by molar-refractivity contribution is 5.74. The van der Waals surface area contributed by atoms with Crippen molar-refractivity contribution in [3.63, 3.8) is 0 Å². The van der Waals surface area contributed by atoms with Gasteiger partial charge in [-0.05, 0) is 6.92 Å². The summed E-state index contributed by atoms with van der Waals surface area (Å²) in [6, 6.07) is -0.699. The molecular weight excluding hydrogens is 137 g/mol. The number of alkyl halides is 1. The fourth-order valence-electron chi connectivity index (χ4n) is 1.08. The molecule has 0 aliphatic carbocycles. The van der Waals surface area contributed by atoms with E-state index >= 15 is 0 Å². The van der Waals surface area contributed by atoms with Gasteiger partial charge in [-0.3, -0.25) is 4.79 Å². The summed E-state index contributed by atoms with van der Waals surface area (Å²) in [6.07, 6.45) is 0.0718. The molecule has 2 atom stereocenters. The lowest BCUT2D eigenvalue weighted by Gasteiger charge is -2.08. The lowest BCUT2D eigenvalue weighted by atomic mass is 10.1. The SMILES string of the molecule is C[C@]1(F)CN[C@H](C(=O)O)C1. The van der Waals surface area contributed by atoms with E-state index in [4.69, 9.17) is 5.11 Å². The lowest BCUT2D eigenvalue weighted by Crippen LogP contribution is -2.30. The van der Waals surface area contributed by atoms with Crippen molar-refractivity contribution < 1.29 is 14.3 Å². The molecule has 0 radical (unpaired) electrons. The first kappa shape index (κ1) is 7.47. The molecule has 0 saturated carbocycles. The van der Waals surface area contributed by atoms with Crippen LogP contribution in [-0.4, -0.2) is 29.3 Å². The van der Waals surface area contributed by atoms with Crippen LogP contribution in [0.4, 0.5) is 4.39 Å². The van der Waals surface area contributed by atoms with Crippen LogP contribution in [0, 0.1) is 0 Å². The number of rotatable bonds is 1. The smallest absolute Gasteiger partial charge is 0.320 e. The molecule has 0 aromatic rings.